The minimum absolute atomic E-state index is 0.00179. The van der Waals surface area contributed by atoms with E-state index >= 15 is 0 Å². The minimum atomic E-state index is 0.00179. The number of amides is 1. The van der Waals surface area contributed by atoms with Crippen LogP contribution in [-0.2, 0) is 11.3 Å². The maximum Gasteiger partial charge on any atom is 0.267 e. The lowest BCUT2D eigenvalue weighted by molar-refractivity contribution is -0.122. The molecule has 1 aliphatic rings. The first-order chi connectivity index (χ1) is 12.8. The van der Waals surface area contributed by atoms with Crippen molar-refractivity contribution in [3.63, 3.8) is 0 Å². The Hall–Kier alpha value is -2.63. The van der Waals surface area contributed by atoms with Gasteiger partial charge >= 0.3 is 0 Å². The van der Waals surface area contributed by atoms with Crippen LogP contribution in [0.15, 0.2) is 88.1 Å². The third-order valence-corrected chi connectivity index (χ3v) is 5.70. The van der Waals surface area contributed by atoms with Gasteiger partial charge < -0.3 is 0 Å². The second-order valence-corrected chi connectivity index (χ2v) is 7.72. The number of hydrogen-bond donors (Lipinski definition) is 0. The number of benzene rings is 2. The number of aliphatic imine (C=N–C) groups is 1. The first-order valence-electron chi connectivity index (χ1n) is 8.22. The van der Waals surface area contributed by atoms with Gasteiger partial charge in [0.25, 0.3) is 5.91 Å². The summed E-state index contributed by atoms with van der Waals surface area (Å²) in [5, 5.41) is 2.73. The number of thioether (sulfide) groups is 1. The molecule has 1 fully saturated rings. The summed E-state index contributed by atoms with van der Waals surface area (Å²) < 4.78 is 0. The SMILES string of the molecule is O=C1C(=Cc2cccs2)SC(=Nc2ccccc2)N1Cc1ccccc1. The predicted molar refractivity (Wildman–Crippen MR) is 110 cm³/mol. The molecule has 26 heavy (non-hydrogen) atoms. The van der Waals surface area contributed by atoms with Crippen LogP contribution >= 0.6 is 23.1 Å². The number of nitrogens with zero attached hydrogens (tertiary/aromatic N) is 2. The monoisotopic (exact) mass is 376 g/mol. The van der Waals surface area contributed by atoms with Gasteiger partial charge in [-0.1, -0.05) is 54.6 Å². The van der Waals surface area contributed by atoms with Crippen LogP contribution in [0.5, 0.6) is 0 Å². The van der Waals surface area contributed by atoms with E-state index < -0.39 is 0 Å². The van der Waals surface area contributed by atoms with Crippen molar-refractivity contribution < 1.29 is 4.79 Å². The second kappa shape index (κ2) is 7.72. The molecule has 3 aromatic rings. The van der Waals surface area contributed by atoms with Crippen molar-refractivity contribution in [3.8, 4) is 0 Å². The molecule has 0 saturated carbocycles. The van der Waals surface area contributed by atoms with Crippen LogP contribution in [0.1, 0.15) is 10.4 Å². The average Bonchev–Trinajstić information content (AvgIpc) is 3.28. The number of carbonyl (C=O) groups is 1. The van der Waals surface area contributed by atoms with E-state index in [-0.39, 0.29) is 5.91 Å². The standard InChI is InChI=1S/C21H16N2OS2/c24-20-19(14-18-12-7-13-25-18)26-21(22-17-10-5-2-6-11-17)23(20)15-16-8-3-1-4-9-16/h1-14H,15H2. The smallest absolute Gasteiger partial charge is 0.267 e. The van der Waals surface area contributed by atoms with Gasteiger partial charge in [0.15, 0.2) is 5.17 Å². The van der Waals surface area contributed by atoms with Crippen LogP contribution < -0.4 is 0 Å². The van der Waals surface area contributed by atoms with E-state index in [9.17, 15) is 4.79 Å². The van der Waals surface area contributed by atoms with Crippen LogP contribution in [0.25, 0.3) is 6.08 Å². The molecule has 1 amide bonds. The zero-order chi connectivity index (χ0) is 17.8. The van der Waals surface area contributed by atoms with E-state index in [1.54, 1.807) is 16.2 Å². The number of amidine groups is 1. The van der Waals surface area contributed by atoms with Crippen LogP contribution in [0, 0.1) is 0 Å². The van der Waals surface area contributed by atoms with Crippen molar-refractivity contribution >= 4 is 45.9 Å². The molecule has 5 heteroatoms. The van der Waals surface area contributed by atoms with Crippen molar-refractivity contribution in [2.75, 3.05) is 0 Å². The van der Waals surface area contributed by atoms with Gasteiger partial charge in [0.1, 0.15) is 0 Å². The summed E-state index contributed by atoms with van der Waals surface area (Å²) in [4.78, 5) is 21.2. The highest BCUT2D eigenvalue weighted by Crippen LogP contribution is 2.35. The molecule has 0 radical (unpaired) electrons. The third-order valence-electron chi connectivity index (χ3n) is 3.87. The van der Waals surface area contributed by atoms with Gasteiger partial charge in [0.2, 0.25) is 0 Å². The summed E-state index contributed by atoms with van der Waals surface area (Å²) in [5.41, 5.74) is 1.93. The molecular formula is C21H16N2OS2. The molecule has 2 heterocycles. The number of para-hydroxylation sites is 1. The fraction of sp³-hybridized carbons (Fsp3) is 0.0476. The summed E-state index contributed by atoms with van der Waals surface area (Å²) in [6, 6.07) is 23.7. The van der Waals surface area contributed by atoms with Crippen molar-refractivity contribution in [2.24, 2.45) is 4.99 Å². The maximum atomic E-state index is 13.0. The summed E-state index contributed by atoms with van der Waals surface area (Å²) in [6.07, 6.45) is 1.95. The van der Waals surface area contributed by atoms with Crippen LogP contribution in [0.2, 0.25) is 0 Å². The van der Waals surface area contributed by atoms with Crippen molar-refractivity contribution in [1.29, 1.82) is 0 Å². The van der Waals surface area contributed by atoms with Crippen LogP contribution in [0.3, 0.4) is 0 Å². The Bertz CT molecular complexity index is 948. The normalized spacial score (nSPS) is 17.4. The highest BCUT2D eigenvalue weighted by atomic mass is 32.2. The van der Waals surface area contributed by atoms with Gasteiger partial charge in [-0.3, -0.25) is 9.69 Å². The Labute approximate surface area is 160 Å². The quantitative estimate of drug-likeness (QED) is 0.559. The van der Waals surface area contributed by atoms with Gasteiger partial charge in [-0.15, -0.1) is 11.3 Å². The van der Waals surface area contributed by atoms with E-state index in [2.05, 4.69) is 0 Å². The van der Waals surface area contributed by atoms with Gasteiger partial charge in [-0.05, 0) is 47.0 Å². The highest BCUT2D eigenvalue weighted by molar-refractivity contribution is 8.18. The fourth-order valence-corrected chi connectivity index (χ4v) is 4.33. The zero-order valence-electron chi connectivity index (χ0n) is 13.9. The van der Waals surface area contributed by atoms with Gasteiger partial charge in [-0.2, -0.15) is 0 Å². The lowest BCUT2D eigenvalue weighted by Gasteiger charge is -2.15. The number of thiophene rings is 1. The van der Waals surface area contributed by atoms with E-state index in [1.165, 1.54) is 11.8 Å². The minimum Gasteiger partial charge on any atom is -0.282 e. The number of rotatable bonds is 4. The van der Waals surface area contributed by atoms with E-state index in [0.29, 0.717) is 16.6 Å². The summed E-state index contributed by atoms with van der Waals surface area (Å²) in [6.45, 7) is 0.514. The van der Waals surface area contributed by atoms with Gasteiger partial charge in [0, 0.05) is 4.88 Å². The molecule has 1 aromatic heterocycles. The first kappa shape index (κ1) is 16.8. The van der Waals surface area contributed by atoms with E-state index in [0.717, 1.165) is 16.1 Å². The third kappa shape index (κ3) is 3.79. The molecule has 3 nitrogen and oxygen atoms in total. The van der Waals surface area contributed by atoms with Crippen LogP contribution in [0.4, 0.5) is 5.69 Å². The molecule has 1 saturated heterocycles. The molecule has 1 aliphatic heterocycles. The fourth-order valence-electron chi connectivity index (χ4n) is 2.61. The molecule has 0 aliphatic carbocycles. The topological polar surface area (TPSA) is 32.7 Å². The Morgan fingerprint density at radius 1 is 0.923 bits per heavy atom. The number of carbonyl (C=O) groups excluding carboxylic acids is 1. The second-order valence-electron chi connectivity index (χ2n) is 5.73. The Morgan fingerprint density at radius 3 is 2.35 bits per heavy atom. The molecule has 128 valence electrons. The Morgan fingerprint density at radius 2 is 1.65 bits per heavy atom. The predicted octanol–water partition coefficient (Wildman–Crippen LogP) is 5.55. The van der Waals surface area contributed by atoms with E-state index in [1.807, 2.05) is 84.3 Å². The van der Waals surface area contributed by atoms with Gasteiger partial charge in [0.05, 0.1) is 17.1 Å². The first-order valence-corrected chi connectivity index (χ1v) is 9.92. The van der Waals surface area contributed by atoms with Crippen molar-refractivity contribution in [2.45, 2.75) is 6.54 Å². The highest BCUT2D eigenvalue weighted by Gasteiger charge is 2.33. The number of hydrogen-bond acceptors (Lipinski definition) is 4. The molecule has 4 rings (SSSR count). The largest absolute Gasteiger partial charge is 0.282 e. The Balaban J connectivity index is 1.69. The summed E-state index contributed by atoms with van der Waals surface area (Å²) in [7, 11) is 0. The molecule has 2 aromatic carbocycles. The van der Waals surface area contributed by atoms with Crippen molar-refractivity contribution in [1.82, 2.24) is 4.90 Å². The summed E-state index contributed by atoms with van der Waals surface area (Å²) in [5.74, 6) is 0.00179. The lowest BCUT2D eigenvalue weighted by atomic mass is 10.2. The molecule has 0 bridgehead atoms. The average molecular weight is 377 g/mol. The maximum absolute atomic E-state index is 13.0. The van der Waals surface area contributed by atoms with Crippen LogP contribution in [-0.4, -0.2) is 16.0 Å². The zero-order valence-corrected chi connectivity index (χ0v) is 15.5. The molecule has 0 N–H and O–H groups in total. The van der Waals surface area contributed by atoms with Gasteiger partial charge in [-0.25, -0.2) is 4.99 Å². The molecule has 0 spiro atoms. The summed E-state index contributed by atoms with van der Waals surface area (Å²) >= 11 is 3.06. The van der Waals surface area contributed by atoms with E-state index in [4.69, 9.17) is 4.99 Å². The molecule has 0 unspecified atom stereocenters. The Kier molecular flexibility index (Phi) is 5.00. The van der Waals surface area contributed by atoms with Crippen molar-refractivity contribution in [3.05, 3.63) is 93.5 Å². The molecule has 0 atom stereocenters. The lowest BCUT2D eigenvalue weighted by Crippen LogP contribution is -2.28. The molecular weight excluding hydrogens is 360 g/mol.